The molecular formula is C25H23ClFN5O4. The van der Waals surface area contributed by atoms with Gasteiger partial charge in [0.15, 0.2) is 23.1 Å². The predicted molar refractivity (Wildman–Crippen MR) is 132 cm³/mol. The molecule has 186 valence electrons. The number of hydrogen-bond donors (Lipinski definition) is 1. The van der Waals surface area contributed by atoms with Crippen LogP contribution in [0.3, 0.4) is 0 Å². The molecule has 1 fully saturated rings. The number of carbonyl (C=O) groups is 1. The molecule has 1 aliphatic heterocycles. The number of aromatic nitrogens is 3. The Morgan fingerprint density at radius 1 is 1.19 bits per heavy atom. The lowest BCUT2D eigenvalue weighted by molar-refractivity contribution is 0.0554. The topological polar surface area (TPSA) is 117 Å². The largest absolute Gasteiger partial charge is 0.493 e. The van der Waals surface area contributed by atoms with E-state index in [1.807, 2.05) is 0 Å². The maximum absolute atomic E-state index is 14.5. The molecule has 11 heteroatoms. The predicted octanol–water partition coefficient (Wildman–Crippen LogP) is 4.66. The minimum atomic E-state index is -0.617. The van der Waals surface area contributed by atoms with Crippen LogP contribution in [-0.2, 0) is 0 Å². The highest BCUT2D eigenvalue weighted by Gasteiger charge is 2.27. The summed E-state index contributed by atoms with van der Waals surface area (Å²) in [5.74, 6) is 0.656. The van der Waals surface area contributed by atoms with E-state index in [0.29, 0.717) is 54.0 Å². The highest BCUT2D eigenvalue weighted by molar-refractivity contribution is 6.31. The Morgan fingerprint density at radius 3 is 2.67 bits per heavy atom. The van der Waals surface area contributed by atoms with Crippen molar-refractivity contribution in [3.05, 3.63) is 58.7 Å². The Kier molecular flexibility index (Phi) is 6.36. The van der Waals surface area contributed by atoms with E-state index in [1.165, 1.54) is 19.2 Å². The Morgan fingerprint density at radius 2 is 1.97 bits per heavy atom. The van der Waals surface area contributed by atoms with E-state index in [0.717, 1.165) is 0 Å². The lowest BCUT2D eigenvalue weighted by atomic mass is 10.1. The van der Waals surface area contributed by atoms with Gasteiger partial charge in [0.25, 0.3) is 5.91 Å². The van der Waals surface area contributed by atoms with Gasteiger partial charge in [0.05, 0.1) is 28.9 Å². The number of fused-ring (bicyclic) bond motifs is 1. The molecule has 2 N–H and O–H groups in total. The van der Waals surface area contributed by atoms with Crippen LogP contribution in [0.1, 0.15) is 29.1 Å². The molecule has 0 aliphatic carbocycles. The van der Waals surface area contributed by atoms with Crippen LogP contribution < -0.4 is 15.2 Å². The molecule has 0 saturated carbocycles. The molecule has 2 aromatic carbocycles. The number of rotatable bonds is 5. The first kappa shape index (κ1) is 23.8. The number of halogens is 2. The van der Waals surface area contributed by atoms with Crippen LogP contribution in [-0.4, -0.2) is 52.2 Å². The number of nitrogens with two attached hydrogens (primary N) is 1. The molecule has 0 radical (unpaired) electrons. The van der Waals surface area contributed by atoms with E-state index in [4.69, 9.17) is 31.3 Å². The first-order valence-corrected chi connectivity index (χ1v) is 11.7. The van der Waals surface area contributed by atoms with Crippen LogP contribution in [0.25, 0.3) is 22.3 Å². The molecule has 1 amide bonds. The zero-order valence-corrected chi connectivity index (χ0v) is 20.4. The van der Waals surface area contributed by atoms with Gasteiger partial charge in [-0.25, -0.2) is 14.4 Å². The summed E-state index contributed by atoms with van der Waals surface area (Å²) in [4.78, 5) is 23.1. The molecule has 5 rings (SSSR count). The van der Waals surface area contributed by atoms with Crippen LogP contribution >= 0.6 is 11.6 Å². The molecule has 36 heavy (non-hydrogen) atoms. The van der Waals surface area contributed by atoms with Crippen molar-refractivity contribution in [1.82, 2.24) is 20.0 Å². The highest BCUT2D eigenvalue weighted by Crippen LogP contribution is 2.37. The number of aryl methyl sites for hydroxylation is 1. The van der Waals surface area contributed by atoms with Crippen molar-refractivity contribution in [1.29, 1.82) is 0 Å². The SMILES string of the molecule is COc1cc2nc(-c3cccc(Cl)c3F)nc(N)c2cc1OC1CCN(C(=O)c2cc(C)no2)CC1. The number of amides is 1. The van der Waals surface area contributed by atoms with Crippen molar-refractivity contribution in [2.75, 3.05) is 25.9 Å². The summed E-state index contributed by atoms with van der Waals surface area (Å²) in [5.41, 5.74) is 7.51. The third-order valence-electron chi connectivity index (χ3n) is 6.06. The van der Waals surface area contributed by atoms with Gasteiger partial charge in [0.1, 0.15) is 11.9 Å². The van der Waals surface area contributed by atoms with Crippen molar-refractivity contribution in [3.63, 3.8) is 0 Å². The van der Waals surface area contributed by atoms with Gasteiger partial charge < -0.3 is 24.6 Å². The molecule has 1 saturated heterocycles. The van der Waals surface area contributed by atoms with E-state index in [9.17, 15) is 9.18 Å². The zero-order chi connectivity index (χ0) is 25.4. The van der Waals surface area contributed by atoms with Gasteiger partial charge in [-0.05, 0) is 25.1 Å². The second kappa shape index (κ2) is 9.62. The molecular weight excluding hydrogens is 489 g/mol. The average Bonchev–Trinajstić information content (AvgIpc) is 3.32. The fourth-order valence-corrected chi connectivity index (χ4v) is 4.36. The summed E-state index contributed by atoms with van der Waals surface area (Å²) in [6.07, 6.45) is 1.11. The monoisotopic (exact) mass is 511 g/mol. The van der Waals surface area contributed by atoms with E-state index < -0.39 is 5.82 Å². The number of benzene rings is 2. The number of nitrogens with zero attached hydrogens (tertiary/aromatic N) is 4. The van der Waals surface area contributed by atoms with Gasteiger partial charge in [-0.15, -0.1) is 0 Å². The minimum absolute atomic E-state index is 0.0280. The van der Waals surface area contributed by atoms with Crippen molar-refractivity contribution in [2.45, 2.75) is 25.9 Å². The Hall–Kier alpha value is -3.92. The van der Waals surface area contributed by atoms with E-state index >= 15 is 0 Å². The molecule has 0 spiro atoms. The number of ether oxygens (including phenoxy) is 2. The molecule has 0 unspecified atom stereocenters. The summed E-state index contributed by atoms with van der Waals surface area (Å²) in [7, 11) is 1.52. The van der Waals surface area contributed by atoms with Crippen molar-refractivity contribution >= 4 is 34.2 Å². The number of hydrogen-bond acceptors (Lipinski definition) is 8. The normalized spacial score (nSPS) is 14.3. The number of piperidine rings is 1. The summed E-state index contributed by atoms with van der Waals surface area (Å²) in [5, 5.41) is 4.30. The Labute approximate surface area is 211 Å². The molecule has 0 bridgehead atoms. The third-order valence-corrected chi connectivity index (χ3v) is 6.36. The first-order chi connectivity index (χ1) is 17.3. The number of carbonyl (C=O) groups excluding carboxylic acids is 1. The fourth-order valence-electron chi connectivity index (χ4n) is 4.19. The van der Waals surface area contributed by atoms with Gasteiger partial charge in [0, 0.05) is 43.5 Å². The van der Waals surface area contributed by atoms with Crippen LogP contribution in [0.2, 0.25) is 5.02 Å². The van der Waals surface area contributed by atoms with Crippen LogP contribution in [0.15, 0.2) is 40.9 Å². The molecule has 9 nitrogen and oxygen atoms in total. The van der Waals surface area contributed by atoms with Gasteiger partial charge in [0.2, 0.25) is 5.76 Å². The van der Waals surface area contributed by atoms with Gasteiger partial charge in [-0.2, -0.15) is 0 Å². The fraction of sp³-hybridized carbons (Fsp3) is 0.280. The molecule has 1 aliphatic rings. The van der Waals surface area contributed by atoms with Gasteiger partial charge in [-0.1, -0.05) is 22.8 Å². The molecule has 2 aromatic heterocycles. The Balaban J connectivity index is 1.36. The van der Waals surface area contributed by atoms with Crippen molar-refractivity contribution in [3.8, 4) is 22.9 Å². The highest BCUT2D eigenvalue weighted by atomic mass is 35.5. The second-order valence-corrected chi connectivity index (χ2v) is 8.90. The maximum Gasteiger partial charge on any atom is 0.292 e. The lowest BCUT2D eigenvalue weighted by Crippen LogP contribution is -2.41. The van der Waals surface area contributed by atoms with Crippen LogP contribution in [0.5, 0.6) is 11.5 Å². The van der Waals surface area contributed by atoms with E-state index in [-0.39, 0.29) is 40.0 Å². The number of anilines is 1. The minimum Gasteiger partial charge on any atom is -0.493 e. The van der Waals surface area contributed by atoms with Crippen LogP contribution in [0.4, 0.5) is 10.2 Å². The third kappa shape index (κ3) is 4.51. The lowest BCUT2D eigenvalue weighted by Gasteiger charge is -2.31. The molecule has 0 atom stereocenters. The van der Waals surface area contributed by atoms with Gasteiger partial charge in [-0.3, -0.25) is 4.79 Å². The standard InChI is InChI=1S/C25H23ClFN5O4/c1-13-10-21(36-31-13)25(33)32-8-6-14(7-9-32)35-20-11-16-18(12-19(20)34-2)29-24(30-23(16)28)15-4-3-5-17(26)22(15)27/h3-5,10-12,14H,6-9H2,1-2H3,(H2,28,29,30). The van der Waals surface area contributed by atoms with Crippen molar-refractivity contribution < 1.29 is 23.2 Å². The first-order valence-electron chi connectivity index (χ1n) is 11.3. The maximum atomic E-state index is 14.5. The van der Waals surface area contributed by atoms with E-state index in [1.54, 1.807) is 36.1 Å². The summed E-state index contributed by atoms with van der Waals surface area (Å²) in [6, 6.07) is 9.64. The number of nitrogen functional groups attached to an aromatic ring is 1. The average molecular weight is 512 g/mol. The van der Waals surface area contributed by atoms with E-state index in [2.05, 4.69) is 15.1 Å². The van der Waals surface area contributed by atoms with Gasteiger partial charge >= 0.3 is 0 Å². The molecule has 3 heterocycles. The number of likely N-dealkylation sites (tertiary alicyclic amines) is 1. The second-order valence-electron chi connectivity index (χ2n) is 8.50. The molecule has 4 aromatic rings. The quantitative estimate of drug-likeness (QED) is 0.411. The zero-order valence-electron chi connectivity index (χ0n) is 19.6. The smallest absolute Gasteiger partial charge is 0.292 e. The van der Waals surface area contributed by atoms with Crippen LogP contribution in [0, 0.1) is 12.7 Å². The summed E-state index contributed by atoms with van der Waals surface area (Å²) < 4.78 is 31.4. The number of methoxy groups -OCH3 is 1. The van der Waals surface area contributed by atoms with Crippen molar-refractivity contribution in [2.24, 2.45) is 0 Å². The summed E-state index contributed by atoms with van der Waals surface area (Å²) in [6.45, 7) is 2.80. The summed E-state index contributed by atoms with van der Waals surface area (Å²) >= 11 is 5.91. The Bertz CT molecular complexity index is 1450.